The number of nitrogens with two attached hydrogens (primary N) is 1. The first-order chi connectivity index (χ1) is 7.74. The van der Waals surface area contributed by atoms with Gasteiger partial charge < -0.3 is 14.9 Å². The average molecular weight is 220 g/mol. The minimum Gasteiger partial charge on any atom is -0.497 e. The molecule has 0 fully saturated rings. The average Bonchev–Trinajstić information content (AvgIpc) is 2.71. The molecule has 1 aromatic carbocycles. The molecule has 0 saturated carbocycles. The Morgan fingerprint density at radius 3 is 3.00 bits per heavy atom. The first kappa shape index (κ1) is 11.0. The fourth-order valence-corrected chi connectivity index (χ4v) is 1.64. The molecule has 0 radical (unpaired) electrons. The predicted molar refractivity (Wildman–Crippen MR) is 62.4 cm³/mol. The van der Waals surface area contributed by atoms with Crippen LogP contribution >= 0.6 is 0 Å². The maximum absolute atomic E-state index is 5.95. The van der Waals surface area contributed by atoms with Crippen molar-refractivity contribution in [1.29, 1.82) is 0 Å². The number of hydrogen-bond donors (Lipinski definition) is 1. The van der Waals surface area contributed by atoms with Crippen LogP contribution in [0.4, 0.5) is 0 Å². The molecule has 2 rings (SSSR count). The Kier molecular flexibility index (Phi) is 3.10. The van der Waals surface area contributed by atoms with Crippen LogP contribution in [0.5, 0.6) is 5.75 Å². The number of oxazole rings is 1. The van der Waals surface area contributed by atoms with E-state index in [-0.39, 0.29) is 6.04 Å². The van der Waals surface area contributed by atoms with Crippen LogP contribution in [-0.4, -0.2) is 12.1 Å². The first-order valence-electron chi connectivity index (χ1n) is 5.44. The molecule has 1 atom stereocenters. The molecule has 1 aromatic heterocycles. The largest absolute Gasteiger partial charge is 0.497 e. The zero-order valence-corrected chi connectivity index (χ0v) is 9.56. The lowest BCUT2D eigenvalue weighted by Gasteiger charge is -2.03. The Hall–Kier alpha value is -1.55. The summed E-state index contributed by atoms with van der Waals surface area (Å²) in [5.41, 5.74) is 7.50. The molecule has 0 aliphatic carbocycles. The number of rotatable bonds is 4. The number of nitrogens with zero attached hydrogens (tertiary/aromatic N) is 1. The lowest BCUT2D eigenvalue weighted by Crippen LogP contribution is -2.09. The lowest BCUT2D eigenvalue weighted by atomic mass is 10.2. The normalized spacial score (nSPS) is 12.9. The van der Waals surface area contributed by atoms with Crippen LogP contribution in [0.1, 0.15) is 31.7 Å². The Bertz CT molecular complexity index is 479. The molecule has 0 bridgehead atoms. The summed E-state index contributed by atoms with van der Waals surface area (Å²) >= 11 is 0. The van der Waals surface area contributed by atoms with Gasteiger partial charge in [-0.3, -0.25) is 0 Å². The molecule has 0 saturated heterocycles. The van der Waals surface area contributed by atoms with E-state index in [1.807, 2.05) is 18.2 Å². The smallest absolute Gasteiger partial charge is 0.212 e. The highest BCUT2D eigenvalue weighted by Gasteiger charge is 2.13. The van der Waals surface area contributed by atoms with E-state index in [9.17, 15) is 0 Å². The Morgan fingerprint density at radius 2 is 2.31 bits per heavy atom. The number of benzene rings is 1. The lowest BCUT2D eigenvalue weighted by molar-refractivity contribution is 0.413. The molecular formula is C12H16N2O2. The monoisotopic (exact) mass is 220 g/mol. The zero-order chi connectivity index (χ0) is 11.5. The standard InChI is InChI=1S/C12H16N2O2/c1-3-4-9(13)12-14-10-6-5-8(15-2)7-11(10)16-12/h5-7,9H,3-4,13H2,1-2H3. The van der Waals surface area contributed by atoms with Crippen molar-refractivity contribution in [2.45, 2.75) is 25.8 Å². The van der Waals surface area contributed by atoms with E-state index in [4.69, 9.17) is 14.9 Å². The molecule has 2 N–H and O–H groups in total. The van der Waals surface area contributed by atoms with Crippen molar-refractivity contribution >= 4 is 11.1 Å². The van der Waals surface area contributed by atoms with E-state index in [1.165, 1.54) is 0 Å². The summed E-state index contributed by atoms with van der Waals surface area (Å²) in [6, 6.07) is 5.44. The quantitative estimate of drug-likeness (QED) is 0.860. The van der Waals surface area contributed by atoms with Gasteiger partial charge in [-0.15, -0.1) is 0 Å². The first-order valence-corrected chi connectivity index (χ1v) is 5.44. The molecule has 0 amide bonds. The zero-order valence-electron chi connectivity index (χ0n) is 9.56. The summed E-state index contributed by atoms with van der Waals surface area (Å²) in [5, 5.41) is 0. The Balaban J connectivity index is 2.35. The Morgan fingerprint density at radius 1 is 1.50 bits per heavy atom. The predicted octanol–water partition coefficient (Wildman–Crippen LogP) is 2.64. The number of aromatic nitrogens is 1. The van der Waals surface area contributed by atoms with Crippen molar-refractivity contribution in [1.82, 2.24) is 4.98 Å². The highest BCUT2D eigenvalue weighted by molar-refractivity contribution is 5.74. The molecule has 86 valence electrons. The molecule has 4 heteroatoms. The summed E-state index contributed by atoms with van der Waals surface area (Å²) in [5.74, 6) is 1.37. The van der Waals surface area contributed by atoms with Gasteiger partial charge in [0.2, 0.25) is 5.89 Å². The third-order valence-electron chi connectivity index (χ3n) is 2.53. The van der Waals surface area contributed by atoms with Crippen molar-refractivity contribution < 1.29 is 9.15 Å². The van der Waals surface area contributed by atoms with E-state index in [0.717, 1.165) is 29.7 Å². The molecule has 0 spiro atoms. The van der Waals surface area contributed by atoms with Crippen LogP contribution in [0, 0.1) is 0 Å². The minimum atomic E-state index is -0.122. The second kappa shape index (κ2) is 4.53. The fraction of sp³-hybridized carbons (Fsp3) is 0.417. The molecular weight excluding hydrogens is 204 g/mol. The van der Waals surface area contributed by atoms with E-state index in [0.29, 0.717) is 5.89 Å². The van der Waals surface area contributed by atoms with Gasteiger partial charge in [0.05, 0.1) is 13.2 Å². The van der Waals surface area contributed by atoms with Gasteiger partial charge in [0, 0.05) is 6.07 Å². The molecule has 1 unspecified atom stereocenters. The van der Waals surface area contributed by atoms with Crippen LogP contribution < -0.4 is 10.5 Å². The molecule has 2 aromatic rings. The van der Waals surface area contributed by atoms with Gasteiger partial charge in [0.25, 0.3) is 0 Å². The van der Waals surface area contributed by atoms with Crippen molar-refractivity contribution in [2.75, 3.05) is 7.11 Å². The summed E-state index contributed by atoms with van der Waals surface area (Å²) in [4.78, 5) is 4.36. The van der Waals surface area contributed by atoms with Crippen LogP contribution in [-0.2, 0) is 0 Å². The van der Waals surface area contributed by atoms with Crippen LogP contribution in [0.25, 0.3) is 11.1 Å². The highest BCUT2D eigenvalue weighted by Crippen LogP contribution is 2.24. The number of fused-ring (bicyclic) bond motifs is 1. The van der Waals surface area contributed by atoms with Gasteiger partial charge in [-0.1, -0.05) is 13.3 Å². The molecule has 1 heterocycles. The van der Waals surface area contributed by atoms with Gasteiger partial charge in [0.15, 0.2) is 5.58 Å². The summed E-state index contributed by atoms with van der Waals surface area (Å²) < 4.78 is 10.7. The summed E-state index contributed by atoms with van der Waals surface area (Å²) in [7, 11) is 1.63. The van der Waals surface area contributed by atoms with Gasteiger partial charge in [0.1, 0.15) is 11.3 Å². The van der Waals surface area contributed by atoms with Crippen LogP contribution in [0.3, 0.4) is 0 Å². The van der Waals surface area contributed by atoms with E-state index < -0.39 is 0 Å². The Labute approximate surface area is 94.4 Å². The maximum atomic E-state index is 5.95. The molecule has 0 aliphatic rings. The summed E-state index contributed by atoms with van der Waals surface area (Å²) in [6.07, 6.45) is 1.90. The van der Waals surface area contributed by atoms with Crippen molar-refractivity contribution in [3.8, 4) is 5.75 Å². The second-order valence-corrected chi connectivity index (χ2v) is 3.78. The van der Waals surface area contributed by atoms with Gasteiger partial charge in [-0.25, -0.2) is 4.98 Å². The van der Waals surface area contributed by atoms with Crippen LogP contribution in [0.2, 0.25) is 0 Å². The van der Waals surface area contributed by atoms with E-state index in [1.54, 1.807) is 7.11 Å². The van der Waals surface area contributed by atoms with Gasteiger partial charge >= 0.3 is 0 Å². The third kappa shape index (κ3) is 2.02. The molecule has 16 heavy (non-hydrogen) atoms. The van der Waals surface area contributed by atoms with E-state index in [2.05, 4.69) is 11.9 Å². The third-order valence-corrected chi connectivity index (χ3v) is 2.53. The molecule has 0 aliphatic heterocycles. The molecule has 4 nitrogen and oxygen atoms in total. The van der Waals surface area contributed by atoms with Gasteiger partial charge in [-0.2, -0.15) is 0 Å². The van der Waals surface area contributed by atoms with Crippen molar-refractivity contribution in [3.63, 3.8) is 0 Å². The van der Waals surface area contributed by atoms with Crippen molar-refractivity contribution in [2.24, 2.45) is 5.73 Å². The van der Waals surface area contributed by atoms with Crippen molar-refractivity contribution in [3.05, 3.63) is 24.1 Å². The maximum Gasteiger partial charge on any atom is 0.212 e. The number of hydrogen-bond acceptors (Lipinski definition) is 4. The highest BCUT2D eigenvalue weighted by atomic mass is 16.5. The fourth-order valence-electron chi connectivity index (χ4n) is 1.64. The topological polar surface area (TPSA) is 61.3 Å². The second-order valence-electron chi connectivity index (χ2n) is 3.78. The van der Waals surface area contributed by atoms with Crippen LogP contribution in [0.15, 0.2) is 22.6 Å². The minimum absolute atomic E-state index is 0.122. The number of ether oxygens (including phenoxy) is 1. The van der Waals surface area contributed by atoms with E-state index >= 15 is 0 Å². The van der Waals surface area contributed by atoms with Gasteiger partial charge in [-0.05, 0) is 18.6 Å². The SMILES string of the molecule is CCCC(N)c1nc2ccc(OC)cc2o1. The summed E-state index contributed by atoms with van der Waals surface area (Å²) in [6.45, 7) is 2.09. The number of methoxy groups -OCH3 is 1.